The molecule has 2 heterocycles. The number of hydrogen-bond donors (Lipinski definition) is 2. The summed E-state index contributed by atoms with van der Waals surface area (Å²) in [6.45, 7) is 1.99. The van der Waals surface area contributed by atoms with Gasteiger partial charge in [-0.2, -0.15) is 5.10 Å². The van der Waals surface area contributed by atoms with Gasteiger partial charge in [-0.25, -0.2) is 4.68 Å². The first-order chi connectivity index (χ1) is 14.0. The molecule has 1 aromatic heterocycles. The molecule has 0 bridgehead atoms. The van der Waals surface area contributed by atoms with Crippen molar-refractivity contribution >= 4 is 46.5 Å². The standard InChI is InChI=1S/C21H18Cl2N4O2/c1-2-15-19(12-6-5-7-13(22)10-12)20-25-21(29)17(27(20)26-15)11-18(28)24-16-9-4-3-8-14(16)23/h3-10,17H,2,11H2,1H3,(H,24,28)(H,25,29). The molecule has 1 unspecified atom stereocenters. The lowest BCUT2D eigenvalue weighted by Gasteiger charge is -2.11. The fourth-order valence-corrected chi connectivity index (χ4v) is 3.82. The predicted molar refractivity (Wildman–Crippen MR) is 114 cm³/mol. The van der Waals surface area contributed by atoms with E-state index >= 15 is 0 Å². The third-order valence-corrected chi connectivity index (χ3v) is 5.36. The molecule has 0 fully saturated rings. The summed E-state index contributed by atoms with van der Waals surface area (Å²) in [5.41, 5.74) is 3.04. The Morgan fingerprint density at radius 2 is 2.00 bits per heavy atom. The molecule has 29 heavy (non-hydrogen) atoms. The molecular weight excluding hydrogens is 411 g/mol. The van der Waals surface area contributed by atoms with Gasteiger partial charge in [0, 0.05) is 10.6 Å². The quantitative estimate of drug-likeness (QED) is 0.603. The lowest BCUT2D eigenvalue weighted by atomic mass is 10.0. The Balaban J connectivity index is 1.63. The van der Waals surface area contributed by atoms with E-state index in [0.717, 1.165) is 16.8 Å². The zero-order chi connectivity index (χ0) is 20.5. The number of carbonyl (C=O) groups excluding carboxylic acids is 2. The average molecular weight is 429 g/mol. The summed E-state index contributed by atoms with van der Waals surface area (Å²) in [5.74, 6) is 0.00125. The Bertz CT molecular complexity index is 1110. The summed E-state index contributed by atoms with van der Waals surface area (Å²) in [5, 5.41) is 11.3. The Hall–Kier alpha value is -2.83. The Kier molecular flexibility index (Phi) is 5.30. The number of nitrogens with zero attached hydrogens (tertiary/aromatic N) is 2. The van der Waals surface area contributed by atoms with E-state index in [1.807, 2.05) is 25.1 Å². The number of benzene rings is 2. The van der Waals surface area contributed by atoms with Crippen LogP contribution in [0.5, 0.6) is 0 Å². The summed E-state index contributed by atoms with van der Waals surface area (Å²) >= 11 is 12.2. The fourth-order valence-electron chi connectivity index (χ4n) is 3.45. The number of hydrogen-bond acceptors (Lipinski definition) is 3. The highest BCUT2D eigenvalue weighted by atomic mass is 35.5. The van der Waals surface area contributed by atoms with E-state index in [1.54, 1.807) is 35.0 Å². The highest BCUT2D eigenvalue weighted by Crippen LogP contribution is 2.39. The van der Waals surface area contributed by atoms with E-state index in [-0.39, 0.29) is 18.2 Å². The number of aryl methyl sites for hydroxylation is 1. The third-order valence-electron chi connectivity index (χ3n) is 4.80. The van der Waals surface area contributed by atoms with Crippen LogP contribution in [-0.2, 0) is 16.0 Å². The first-order valence-corrected chi connectivity index (χ1v) is 9.96. The van der Waals surface area contributed by atoms with Gasteiger partial charge in [-0.15, -0.1) is 0 Å². The number of amides is 2. The van der Waals surface area contributed by atoms with Crippen LogP contribution in [0.25, 0.3) is 11.1 Å². The maximum absolute atomic E-state index is 12.6. The lowest BCUT2D eigenvalue weighted by Crippen LogP contribution is -2.24. The van der Waals surface area contributed by atoms with Gasteiger partial charge in [-0.1, -0.05) is 54.4 Å². The van der Waals surface area contributed by atoms with E-state index in [2.05, 4.69) is 15.7 Å². The Morgan fingerprint density at radius 3 is 2.72 bits per heavy atom. The number of para-hydroxylation sites is 1. The number of halogens is 2. The van der Waals surface area contributed by atoms with Gasteiger partial charge in [-0.05, 0) is 36.2 Å². The molecule has 4 rings (SSSR count). The minimum absolute atomic E-state index is 0.0517. The molecule has 0 radical (unpaired) electrons. The number of nitrogens with one attached hydrogen (secondary N) is 2. The number of aromatic nitrogens is 2. The third kappa shape index (κ3) is 3.73. The minimum Gasteiger partial charge on any atom is -0.325 e. The number of anilines is 2. The molecule has 148 valence electrons. The monoisotopic (exact) mass is 428 g/mol. The van der Waals surface area contributed by atoms with Gasteiger partial charge in [0.25, 0.3) is 5.91 Å². The SMILES string of the molecule is CCc1nn2c(c1-c1cccc(Cl)c1)NC(=O)C2CC(=O)Nc1ccccc1Cl. The zero-order valence-corrected chi connectivity index (χ0v) is 17.1. The van der Waals surface area contributed by atoms with Crippen LogP contribution < -0.4 is 10.6 Å². The molecule has 3 aromatic rings. The van der Waals surface area contributed by atoms with Crippen molar-refractivity contribution in [2.75, 3.05) is 10.6 Å². The van der Waals surface area contributed by atoms with Gasteiger partial charge in [-0.3, -0.25) is 9.59 Å². The van der Waals surface area contributed by atoms with Crippen molar-refractivity contribution in [2.24, 2.45) is 0 Å². The van der Waals surface area contributed by atoms with Crippen LogP contribution >= 0.6 is 23.2 Å². The molecule has 2 amide bonds. The summed E-state index contributed by atoms with van der Waals surface area (Å²) in [4.78, 5) is 25.1. The molecule has 0 aliphatic carbocycles. The van der Waals surface area contributed by atoms with E-state index in [4.69, 9.17) is 23.2 Å². The van der Waals surface area contributed by atoms with Gasteiger partial charge in [0.05, 0.1) is 22.8 Å². The van der Waals surface area contributed by atoms with Crippen molar-refractivity contribution in [3.05, 3.63) is 64.3 Å². The first-order valence-electron chi connectivity index (χ1n) is 9.20. The molecule has 0 spiro atoms. The molecular formula is C21H18Cl2N4O2. The van der Waals surface area contributed by atoms with Gasteiger partial charge >= 0.3 is 0 Å². The van der Waals surface area contributed by atoms with Crippen LogP contribution in [0.1, 0.15) is 25.1 Å². The Morgan fingerprint density at radius 1 is 1.21 bits per heavy atom. The van der Waals surface area contributed by atoms with E-state index in [1.165, 1.54) is 0 Å². The largest absolute Gasteiger partial charge is 0.325 e. The number of carbonyl (C=O) groups is 2. The molecule has 6 nitrogen and oxygen atoms in total. The summed E-state index contributed by atoms with van der Waals surface area (Å²) in [6, 6.07) is 13.6. The van der Waals surface area contributed by atoms with Gasteiger partial charge in [0.1, 0.15) is 11.9 Å². The van der Waals surface area contributed by atoms with Gasteiger partial charge in [0.2, 0.25) is 5.91 Å². The molecule has 2 aromatic carbocycles. The fraction of sp³-hybridized carbons (Fsp3) is 0.190. The van der Waals surface area contributed by atoms with Crippen molar-refractivity contribution < 1.29 is 9.59 Å². The average Bonchev–Trinajstić information content (AvgIpc) is 3.19. The Labute approximate surface area is 177 Å². The first kappa shape index (κ1) is 19.5. The van der Waals surface area contributed by atoms with Crippen molar-refractivity contribution in [3.63, 3.8) is 0 Å². The summed E-state index contributed by atoms with van der Waals surface area (Å²) < 4.78 is 1.60. The number of rotatable bonds is 5. The van der Waals surface area contributed by atoms with Crippen LogP contribution in [0.15, 0.2) is 48.5 Å². The van der Waals surface area contributed by atoms with Crippen LogP contribution in [0.2, 0.25) is 10.0 Å². The zero-order valence-electron chi connectivity index (χ0n) is 15.6. The topological polar surface area (TPSA) is 76.0 Å². The molecule has 0 saturated heterocycles. The van der Waals surface area contributed by atoms with Gasteiger partial charge < -0.3 is 10.6 Å². The second-order valence-electron chi connectivity index (χ2n) is 6.72. The van der Waals surface area contributed by atoms with Crippen molar-refractivity contribution in [1.82, 2.24) is 9.78 Å². The van der Waals surface area contributed by atoms with Crippen molar-refractivity contribution in [1.29, 1.82) is 0 Å². The summed E-state index contributed by atoms with van der Waals surface area (Å²) in [7, 11) is 0. The molecule has 1 atom stereocenters. The molecule has 1 aliphatic rings. The van der Waals surface area contributed by atoms with Crippen molar-refractivity contribution in [2.45, 2.75) is 25.8 Å². The van der Waals surface area contributed by atoms with E-state index < -0.39 is 6.04 Å². The van der Waals surface area contributed by atoms with E-state index in [9.17, 15) is 9.59 Å². The van der Waals surface area contributed by atoms with Crippen LogP contribution in [-0.4, -0.2) is 21.6 Å². The number of fused-ring (bicyclic) bond motifs is 1. The molecule has 2 N–H and O–H groups in total. The predicted octanol–water partition coefficient (Wildman–Crippen LogP) is 4.94. The molecule has 1 aliphatic heterocycles. The molecule has 8 heteroatoms. The normalized spacial score (nSPS) is 15.1. The molecule has 0 saturated carbocycles. The van der Waals surface area contributed by atoms with Gasteiger partial charge in [0.15, 0.2) is 0 Å². The highest BCUT2D eigenvalue weighted by molar-refractivity contribution is 6.33. The second-order valence-corrected chi connectivity index (χ2v) is 7.56. The maximum atomic E-state index is 12.6. The maximum Gasteiger partial charge on any atom is 0.251 e. The minimum atomic E-state index is -0.731. The second kappa shape index (κ2) is 7.89. The van der Waals surface area contributed by atoms with Crippen LogP contribution in [0.3, 0.4) is 0 Å². The van der Waals surface area contributed by atoms with Crippen molar-refractivity contribution in [3.8, 4) is 11.1 Å². The van der Waals surface area contributed by atoms with Crippen LogP contribution in [0, 0.1) is 0 Å². The lowest BCUT2D eigenvalue weighted by molar-refractivity contribution is -0.123. The summed E-state index contributed by atoms with van der Waals surface area (Å²) in [6.07, 6.45) is 0.625. The van der Waals surface area contributed by atoms with E-state index in [0.29, 0.717) is 28.0 Å². The smallest absolute Gasteiger partial charge is 0.251 e. The highest BCUT2D eigenvalue weighted by Gasteiger charge is 2.36. The van der Waals surface area contributed by atoms with Crippen LogP contribution in [0.4, 0.5) is 11.5 Å².